The fourth-order valence-electron chi connectivity index (χ4n) is 0.708. The van der Waals surface area contributed by atoms with E-state index in [2.05, 4.69) is 32.1 Å². The van der Waals surface area contributed by atoms with E-state index in [-0.39, 0.29) is 7.43 Å². The Bertz CT molecular complexity index is 147. The summed E-state index contributed by atoms with van der Waals surface area (Å²) >= 11 is 0. The first kappa shape index (κ1) is 12.9. The molecule has 0 N–H and O–H groups in total. The quantitative estimate of drug-likeness (QED) is 0.534. The third kappa shape index (κ3) is 7.11. The van der Waals surface area contributed by atoms with Crippen LogP contribution >= 0.6 is 0 Å². The smallest absolute Gasteiger partial charge is 0.0311 e. The summed E-state index contributed by atoms with van der Waals surface area (Å²) in [5.74, 6) is 0. The van der Waals surface area contributed by atoms with E-state index < -0.39 is 0 Å². The van der Waals surface area contributed by atoms with Crippen molar-refractivity contribution in [3.05, 3.63) is 36.0 Å². The second kappa shape index (κ2) is 9.22. The summed E-state index contributed by atoms with van der Waals surface area (Å²) in [6, 6.07) is 0. The minimum Gasteiger partial charge on any atom is -0.0877 e. The lowest BCUT2D eigenvalue weighted by Crippen LogP contribution is -1.70. The van der Waals surface area contributed by atoms with E-state index in [1.165, 1.54) is 5.57 Å². The Hall–Kier alpha value is -0.780. The standard InChI is InChI=1S/C10H16.CH4/c1-4-7-8-9-10(5-2)6-3;/h4-5,7-9H,6H2,1-3H3;1H4/b7-4-,9-8-,10-5-;. The minimum atomic E-state index is 0. The van der Waals surface area contributed by atoms with E-state index in [0.717, 1.165) is 6.42 Å². The van der Waals surface area contributed by atoms with Crippen LogP contribution in [-0.2, 0) is 0 Å². The van der Waals surface area contributed by atoms with E-state index in [0.29, 0.717) is 0 Å². The third-order valence-corrected chi connectivity index (χ3v) is 1.39. The van der Waals surface area contributed by atoms with Crippen LogP contribution < -0.4 is 0 Å². The van der Waals surface area contributed by atoms with Crippen LogP contribution in [-0.4, -0.2) is 0 Å². The Morgan fingerprint density at radius 3 is 2.18 bits per heavy atom. The highest BCUT2D eigenvalue weighted by Crippen LogP contribution is 2.01. The maximum absolute atomic E-state index is 2.16. The molecule has 0 unspecified atom stereocenters. The average Bonchev–Trinajstić information content (AvgIpc) is 1.99. The Morgan fingerprint density at radius 1 is 1.18 bits per heavy atom. The lowest BCUT2D eigenvalue weighted by molar-refractivity contribution is 1.14. The van der Waals surface area contributed by atoms with Crippen LogP contribution in [0.3, 0.4) is 0 Å². The van der Waals surface area contributed by atoms with Gasteiger partial charge in [-0.05, 0) is 20.3 Å². The lowest BCUT2D eigenvalue weighted by atomic mass is 10.2. The summed E-state index contributed by atoms with van der Waals surface area (Å²) in [5.41, 5.74) is 1.39. The van der Waals surface area contributed by atoms with Gasteiger partial charge in [-0.15, -0.1) is 0 Å². The van der Waals surface area contributed by atoms with Crippen LogP contribution in [0.2, 0.25) is 0 Å². The first-order valence-corrected chi connectivity index (χ1v) is 3.79. The van der Waals surface area contributed by atoms with Crippen molar-refractivity contribution in [1.82, 2.24) is 0 Å². The van der Waals surface area contributed by atoms with E-state index >= 15 is 0 Å². The topological polar surface area (TPSA) is 0 Å². The molecule has 0 heterocycles. The van der Waals surface area contributed by atoms with Crippen molar-refractivity contribution in [1.29, 1.82) is 0 Å². The molecule has 0 saturated heterocycles. The molecule has 0 bridgehead atoms. The van der Waals surface area contributed by atoms with E-state index in [9.17, 15) is 0 Å². The van der Waals surface area contributed by atoms with Gasteiger partial charge in [0.2, 0.25) is 0 Å². The van der Waals surface area contributed by atoms with Crippen molar-refractivity contribution >= 4 is 0 Å². The summed E-state index contributed by atoms with van der Waals surface area (Å²) in [4.78, 5) is 0. The van der Waals surface area contributed by atoms with Gasteiger partial charge in [-0.2, -0.15) is 0 Å². The third-order valence-electron chi connectivity index (χ3n) is 1.39. The van der Waals surface area contributed by atoms with Gasteiger partial charge in [-0.25, -0.2) is 0 Å². The lowest BCUT2D eigenvalue weighted by Gasteiger charge is -1.90. The largest absolute Gasteiger partial charge is 0.0877 e. The monoisotopic (exact) mass is 152 g/mol. The van der Waals surface area contributed by atoms with Crippen LogP contribution in [0, 0.1) is 0 Å². The summed E-state index contributed by atoms with van der Waals surface area (Å²) in [6.45, 7) is 6.25. The first-order chi connectivity index (χ1) is 4.85. The van der Waals surface area contributed by atoms with Gasteiger partial charge in [0, 0.05) is 0 Å². The minimum absolute atomic E-state index is 0. The highest BCUT2D eigenvalue weighted by Gasteiger charge is 1.80. The molecule has 11 heavy (non-hydrogen) atoms. The SMILES string of the molecule is C.C\C=C/C=C\C(=C/C)CC. The number of rotatable bonds is 3. The number of hydrogen-bond donors (Lipinski definition) is 0. The molecule has 0 aromatic heterocycles. The van der Waals surface area contributed by atoms with Crippen LogP contribution in [0.15, 0.2) is 36.0 Å². The van der Waals surface area contributed by atoms with Crippen molar-refractivity contribution in [3.8, 4) is 0 Å². The molecular formula is C11H20. The zero-order valence-corrected chi connectivity index (χ0v) is 7.09. The Balaban J connectivity index is 0. The Kier molecular flexibility index (Phi) is 10.8. The zero-order chi connectivity index (χ0) is 7.82. The van der Waals surface area contributed by atoms with Gasteiger partial charge in [-0.1, -0.05) is 50.3 Å². The van der Waals surface area contributed by atoms with E-state index in [1.54, 1.807) is 0 Å². The molecule has 0 aliphatic heterocycles. The summed E-state index contributed by atoms with van der Waals surface area (Å²) in [7, 11) is 0. The van der Waals surface area contributed by atoms with Gasteiger partial charge in [0.25, 0.3) is 0 Å². The molecule has 0 spiro atoms. The van der Waals surface area contributed by atoms with Crippen LogP contribution in [0.4, 0.5) is 0 Å². The molecule has 0 aromatic carbocycles. The van der Waals surface area contributed by atoms with Gasteiger partial charge in [0.1, 0.15) is 0 Å². The number of hydrogen-bond acceptors (Lipinski definition) is 0. The Labute approximate surface area is 71.3 Å². The second-order valence-corrected chi connectivity index (χ2v) is 2.10. The molecule has 0 rings (SSSR count). The molecule has 0 saturated carbocycles. The van der Waals surface area contributed by atoms with Gasteiger partial charge in [0.05, 0.1) is 0 Å². The molecule has 0 fully saturated rings. The van der Waals surface area contributed by atoms with Gasteiger partial charge >= 0.3 is 0 Å². The first-order valence-electron chi connectivity index (χ1n) is 3.79. The van der Waals surface area contributed by atoms with Crippen molar-refractivity contribution in [2.75, 3.05) is 0 Å². The summed E-state index contributed by atoms with van der Waals surface area (Å²) in [5, 5.41) is 0. The van der Waals surface area contributed by atoms with Gasteiger partial charge in [0.15, 0.2) is 0 Å². The normalized spacial score (nSPS) is 12.5. The predicted octanol–water partition coefficient (Wildman–Crippen LogP) is 4.11. The fraction of sp³-hybridized carbons (Fsp3) is 0.455. The highest BCUT2D eigenvalue weighted by molar-refractivity contribution is 5.20. The second-order valence-electron chi connectivity index (χ2n) is 2.10. The molecular weight excluding hydrogens is 132 g/mol. The maximum atomic E-state index is 2.16. The summed E-state index contributed by atoms with van der Waals surface area (Å²) in [6.07, 6.45) is 11.5. The molecule has 0 aromatic rings. The molecule has 64 valence electrons. The molecule has 0 aliphatic rings. The van der Waals surface area contributed by atoms with Crippen molar-refractivity contribution in [2.45, 2.75) is 34.6 Å². The van der Waals surface area contributed by atoms with Crippen molar-refractivity contribution < 1.29 is 0 Å². The summed E-state index contributed by atoms with van der Waals surface area (Å²) < 4.78 is 0. The molecule has 0 aliphatic carbocycles. The van der Waals surface area contributed by atoms with Crippen LogP contribution in [0.25, 0.3) is 0 Å². The highest BCUT2D eigenvalue weighted by atomic mass is 13.9. The van der Waals surface area contributed by atoms with Gasteiger partial charge < -0.3 is 0 Å². The zero-order valence-electron chi connectivity index (χ0n) is 7.09. The molecule has 0 heteroatoms. The fourth-order valence-corrected chi connectivity index (χ4v) is 0.708. The van der Waals surface area contributed by atoms with Crippen LogP contribution in [0.1, 0.15) is 34.6 Å². The Morgan fingerprint density at radius 2 is 1.82 bits per heavy atom. The van der Waals surface area contributed by atoms with Gasteiger partial charge in [-0.3, -0.25) is 0 Å². The number of allylic oxidation sites excluding steroid dienone is 6. The average molecular weight is 152 g/mol. The molecule has 0 atom stereocenters. The van der Waals surface area contributed by atoms with E-state index in [1.807, 2.05) is 19.1 Å². The molecule has 0 radical (unpaired) electrons. The maximum Gasteiger partial charge on any atom is -0.0311 e. The van der Waals surface area contributed by atoms with E-state index in [4.69, 9.17) is 0 Å². The predicted molar refractivity (Wildman–Crippen MR) is 54.7 cm³/mol. The van der Waals surface area contributed by atoms with Crippen molar-refractivity contribution in [2.24, 2.45) is 0 Å². The molecule has 0 amide bonds. The molecule has 0 nitrogen and oxygen atoms in total. The van der Waals surface area contributed by atoms with Crippen molar-refractivity contribution in [3.63, 3.8) is 0 Å². The van der Waals surface area contributed by atoms with Crippen LogP contribution in [0.5, 0.6) is 0 Å².